The number of fused-ring (bicyclic) bond motifs is 1. The number of pyridine rings is 2. The second kappa shape index (κ2) is 7.63. The normalized spacial score (nSPS) is 14.3. The highest BCUT2D eigenvalue weighted by Gasteiger charge is 2.16. The van der Waals surface area contributed by atoms with Crippen LogP contribution in [0.4, 0.5) is 5.69 Å². The summed E-state index contributed by atoms with van der Waals surface area (Å²) in [5.74, 6) is 0.870. The molecule has 0 bridgehead atoms. The number of imidazole rings is 1. The lowest BCUT2D eigenvalue weighted by Gasteiger charge is -2.25. The summed E-state index contributed by atoms with van der Waals surface area (Å²) in [5, 5.41) is 12.0. The number of nitrogens with two attached hydrogens (primary N) is 1. The minimum absolute atomic E-state index is 0.555. The minimum Gasteiger partial charge on any atom is -0.397 e. The SMILES string of the molecule is Nc1cncc(-c2cn(Cc3cn4cc(CNCC5CCC5)ccc4n3)nn2)c1. The first-order valence-corrected chi connectivity index (χ1v) is 10.0. The van der Waals surface area contributed by atoms with Gasteiger partial charge in [0.15, 0.2) is 0 Å². The lowest BCUT2D eigenvalue weighted by Crippen LogP contribution is -2.26. The van der Waals surface area contributed by atoms with E-state index in [1.54, 1.807) is 17.1 Å². The fourth-order valence-corrected chi connectivity index (χ4v) is 3.66. The van der Waals surface area contributed by atoms with E-state index in [9.17, 15) is 0 Å². The van der Waals surface area contributed by atoms with Crippen LogP contribution in [0.5, 0.6) is 0 Å². The predicted molar refractivity (Wildman–Crippen MR) is 111 cm³/mol. The third-order valence-electron chi connectivity index (χ3n) is 5.47. The Bertz CT molecular complexity index is 1120. The molecule has 3 N–H and O–H groups in total. The number of nitrogen functional groups attached to an aromatic ring is 1. The molecule has 1 aliphatic rings. The Hall–Kier alpha value is -3.26. The highest BCUT2D eigenvalue weighted by Crippen LogP contribution is 2.25. The van der Waals surface area contributed by atoms with Crippen LogP contribution in [0.3, 0.4) is 0 Å². The molecule has 1 fully saturated rings. The number of hydrogen-bond acceptors (Lipinski definition) is 6. The van der Waals surface area contributed by atoms with Crippen LogP contribution in [0.15, 0.2) is 49.2 Å². The van der Waals surface area contributed by atoms with Crippen LogP contribution >= 0.6 is 0 Å². The van der Waals surface area contributed by atoms with Crippen molar-refractivity contribution >= 4 is 11.3 Å². The molecule has 8 nitrogen and oxygen atoms in total. The first kappa shape index (κ1) is 17.8. The van der Waals surface area contributed by atoms with Crippen LogP contribution in [0, 0.1) is 5.92 Å². The second-order valence-electron chi connectivity index (χ2n) is 7.77. The Kier molecular flexibility index (Phi) is 4.69. The summed E-state index contributed by atoms with van der Waals surface area (Å²) in [5.41, 5.74) is 11.1. The summed E-state index contributed by atoms with van der Waals surface area (Å²) in [6.45, 7) is 2.56. The van der Waals surface area contributed by atoms with Gasteiger partial charge in [0.25, 0.3) is 0 Å². The van der Waals surface area contributed by atoms with E-state index in [2.05, 4.69) is 43.3 Å². The van der Waals surface area contributed by atoms with E-state index >= 15 is 0 Å². The van der Waals surface area contributed by atoms with Crippen LogP contribution in [0.2, 0.25) is 0 Å². The highest BCUT2D eigenvalue weighted by atomic mass is 15.4. The van der Waals surface area contributed by atoms with Crippen molar-refractivity contribution in [3.05, 3.63) is 60.4 Å². The minimum atomic E-state index is 0.555. The van der Waals surface area contributed by atoms with Crippen molar-refractivity contribution in [1.82, 2.24) is 34.7 Å². The van der Waals surface area contributed by atoms with Gasteiger partial charge in [-0.25, -0.2) is 9.67 Å². The average molecular weight is 388 g/mol. The zero-order chi connectivity index (χ0) is 19.6. The average Bonchev–Trinajstić information content (AvgIpc) is 3.30. The van der Waals surface area contributed by atoms with Gasteiger partial charge in [-0.15, -0.1) is 5.10 Å². The van der Waals surface area contributed by atoms with Gasteiger partial charge in [0.2, 0.25) is 0 Å². The molecule has 4 aromatic heterocycles. The van der Waals surface area contributed by atoms with E-state index in [1.165, 1.54) is 24.8 Å². The van der Waals surface area contributed by atoms with Crippen LogP contribution in [0.1, 0.15) is 30.5 Å². The molecule has 148 valence electrons. The van der Waals surface area contributed by atoms with E-state index < -0.39 is 0 Å². The highest BCUT2D eigenvalue weighted by molar-refractivity contribution is 5.61. The number of nitrogens with zero attached hydrogens (tertiary/aromatic N) is 6. The third kappa shape index (κ3) is 3.97. The van der Waals surface area contributed by atoms with E-state index in [0.29, 0.717) is 12.2 Å². The van der Waals surface area contributed by atoms with E-state index in [0.717, 1.165) is 41.6 Å². The zero-order valence-electron chi connectivity index (χ0n) is 16.2. The molecule has 1 saturated carbocycles. The molecule has 0 amide bonds. The number of aromatic nitrogens is 6. The second-order valence-corrected chi connectivity index (χ2v) is 7.77. The number of nitrogens with one attached hydrogen (secondary N) is 1. The van der Waals surface area contributed by atoms with Crippen molar-refractivity contribution in [2.75, 3.05) is 12.3 Å². The molecule has 0 unspecified atom stereocenters. The van der Waals surface area contributed by atoms with E-state index in [1.807, 2.05) is 18.5 Å². The maximum atomic E-state index is 5.80. The maximum absolute atomic E-state index is 5.80. The first-order chi connectivity index (χ1) is 14.2. The largest absolute Gasteiger partial charge is 0.397 e. The molecule has 1 aliphatic carbocycles. The Labute approximate surface area is 168 Å². The molecule has 4 heterocycles. The predicted octanol–water partition coefficient (Wildman–Crippen LogP) is 2.51. The van der Waals surface area contributed by atoms with Gasteiger partial charge < -0.3 is 15.5 Å². The van der Waals surface area contributed by atoms with Crippen molar-refractivity contribution in [2.24, 2.45) is 5.92 Å². The fraction of sp³-hybridized carbons (Fsp3) is 0.333. The summed E-state index contributed by atoms with van der Waals surface area (Å²) >= 11 is 0. The van der Waals surface area contributed by atoms with Gasteiger partial charge in [-0.3, -0.25) is 4.98 Å². The van der Waals surface area contributed by atoms with Crippen LogP contribution in [0.25, 0.3) is 16.9 Å². The summed E-state index contributed by atoms with van der Waals surface area (Å²) in [6, 6.07) is 6.04. The first-order valence-electron chi connectivity index (χ1n) is 10.0. The van der Waals surface area contributed by atoms with Crippen molar-refractivity contribution in [2.45, 2.75) is 32.4 Å². The topological polar surface area (TPSA) is 99.0 Å². The van der Waals surface area contributed by atoms with Crippen LogP contribution in [-0.2, 0) is 13.1 Å². The summed E-state index contributed by atoms with van der Waals surface area (Å²) < 4.78 is 3.86. The maximum Gasteiger partial charge on any atom is 0.137 e. The molecular formula is C21H24N8. The van der Waals surface area contributed by atoms with Crippen molar-refractivity contribution in [1.29, 1.82) is 0 Å². The Balaban J connectivity index is 1.27. The Morgan fingerprint density at radius 3 is 2.90 bits per heavy atom. The summed E-state index contributed by atoms with van der Waals surface area (Å²) in [7, 11) is 0. The van der Waals surface area contributed by atoms with Crippen molar-refractivity contribution < 1.29 is 0 Å². The molecule has 0 aliphatic heterocycles. The molecular weight excluding hydrogens is 364 g/mol. The van der Waals surface area contributed by atoms with Gasteiger partial charge in [0.1, 0.15) is 11.3 Å². The third-order valence-corrected chi connectivity index (χ3v) is 5.47. The fourth-order valence-electron chi connectivity index (χ4n) is 3.66. The molecule has 0 aromatic carbocycles. The van der Waals surface area contributed by atoms with Gasteiger partial charge in [-0.05, 0) is 43.0 Å². The van der Waals surface area contributed by atoms with Gasteiger partial charge in [-0.2, -0.15) is 0 Å². The van der Waals surface area contributed by atoms with Gasteiger partial charge in [0.05, 0.1) is 24.1 Å². The molecule has 5 rings (SSSR count). The van der Waals surface area contributed by atoms with E-state index in [-0.39, 0.29) is 0 Å². The molecule has 8 heteroatoms. The number of hydrogen-bond donors (Lipinski definition) is 2. The molecule has 0 radical (unpaired) electrons. The molecule has 0 atom stereocenters. The monoisotopic (exact) mass is 388 g/mol. The van der Waals surface area contributed by atoms with Gasteiger partial charge in [0, 0.05) is 36.9 Å². The molecule has 0 spiro atoms. The van der Waals surface area contributed by atoms with Crippen molar-refractivity contribution in [3.63, 3.8) is 0 Å². The molecule has 0 saturated heterocycles. The lowest BCUT2D eigenvalue weighted by atomic mass is 9.85. The number of rotatable bonds is 7. The van der Waals surface area contributed by atoms with Crippen LogP contribution < -0.4 is 11.1 Å². The Morgan fingerprint density at radius 1 is 1.14 bits per heavy atom. The van der Waals surface area contributed by atoms with Crippen LogP contribution in [-0.4, -0.2) is 35.9 Å². The molecule has 29 heavy (non-hydrogen) atoms. The summed E-state index contributed by atoms with van der Waals surface area (Å²) in [4.78, 5) is 8.80. The Morgan fingerprint density at radius 2 is 2.07 bits per heavy atom. The smallest absolute Gasteiger partial charge is 0.137 e. The van der Waals surface area contributed by atoms with Gasteiger partial charge >= 0.3 is 0 Å². The van der Waals surface area contributed by atoms with E-state index in [4.69, 9.17) is 10.7 Å². The summed E-state index contributed by atoms with van der Waals surface area (Å²) in [6.07, 6.45) is 13.6. The standard InChI is InChI=1S/C21H24N8/c22-18-6-17(9-24-10-18)20-14-29(27-26-20)13-19-12-28-11-16(4-5-21(28)25-19)8-23-7-15-2-1-3-15/h4-6,9-12,14-15,23H,1-3,7-8,13,22H2. The zero-order valence-corrected chi connectivity index (χ0v) is 16.2. The van der Waals surface area contributed by atoms with Gasteiger partial charge in [-0.1, -0.05) is 17.7 Å². The molecule has 4 aromatic rings. The quantitative estimate of drug-likeness (QED) is 0.505. The number of anilines is 1. The van der Waals surface area contributed by atoms with Crippen molar-refractivity contribution in [3.8, 4) is 11.3 Å². The lowest BCUT2D eigenvalue weighted by molar-refractivity contribution is 0.301.